The third kappa shape index (κ3) is 5.37. The summed E-state index contributed by atoms with van der Waals surface area (Å²) in [6, 6.07) is 0. The summed E-state index contributed by atoms with van der Waals surface area (Å²) in [5, 5.41) is 0. The van der Waals surface area contributed by atoms with Crippen LogP contribution in [0.3, 0.4) is 0 Å². The van der Waals surface area contributed by atoms with Crippen LogP contribution in [0.2, 0.25) is 0 Å². The first-order chi connectivity index (χ1) is 4.31. The molecule has 2 heteroatoms. The molecule has 0 aliphatic rings. The van der Waals surface area contributed by atoms with Crippen LogP contribution in [0, 0.1) is 5.92 Å². The van der Waals surface area contributed by atoms with Crippen molar-refractivity contribution in [3.8, 4) is 0 Å². The van der Waals surface area contributed by atoms with Crippen LogP contribution in [0.15, 0.2) is 12.8 Å². The van der Waals surface area contributed by atoms with Gasteiger partial charge in [-0.15, -0.1) is 0 Å². The van der Waals surface area contributed by atoms with E-state index < -0.39 is 0 Å². The van der Waals surface area contributed by atoms with Crippen LogP contribution < -0.4 is 0 Å². The topological polar surface area (TPSA) is 18.5 Å². The second kappa shape index (κ2) is 5.63. The predicted octanol–water partition coefficient (Wildman–Crippen LogP) is 1.43. The molecule has 54 valence electrons. The maximum absolute atomic E-state index is 4.93. The molecule has 0 bridgehead atoms. The zero-order valence-electron chi connectivity index (χ0n) is 6.09. The van der Waals surface area contributed by atoms with Crippen LogP contribution in [0.25, 0.3) is 0 Å². The lowest BCUT2D eigenvalue weighted by atomic mass is 10.2. The summed E-state index contributed by atoms with van der Waals surface area (Å²) in [7, 11) is 1.68. The quantitative estimate of drug-likeness (QED) is 0.524. The van der Waals surface area contributed by atoms with Gasteiger partial charge in [-0.1, -0.05) is 13.5 Å². The summed E-state index contributed by atoms with van der Waals surface area (Å²) in [5.41, 5.74) is 0. The van der Waals surface area contributed by atoms with Crippen LogP contribution >= 0.6 is 0 Å². The van der Waals surface area contributed by atoms with E-state index in [2.05, 4.69) is 13.5 Å². The highest BCUT2D eigenvalue weighted by Gasteiger charge is 1.98. The van der Waals surface area contributed by atoms with E-state index in [9.17, 15) is 0 Å². The van der Waals surface area contributed by atoms with Gasteiger partial charge in [0.05, 0.1) is 19.5 Å². The average Bonchev–Trinajstić information content (AvgIpc) is 1.85. The molecule has 0 rings (SSSR count). The largest absolute Gasteiger partial charge is 0.501 e. The van der Waals surface area contributed by atoms with Crippen LogP contribution in [0.1, 0.15) is 6.92 Å². The van der Waals surface area contributed by atoms with Gasteiger partial charge in [-0.2, -0.15) is 0 Å². The monoisotopic (exact) mass is 130 g/mol. The molecule has 0 aliphatic heterocycles. The van der Waals surface area contributed by atoms with E-state index in [0.717, 1.165) is 6.61 Å². The van der Waals surface area contributed by atoms with Crippen molar-refractivity contribution in [2.24, 2.45) is 5.92 Å². The van der Waals surface area contributed by atoms with Gasteiger partial charge in [0.1, 0.15) is 0 Å². The van der Waals surface area contributed by atoms with Crippen molar-refractivity contribution in [1.29, 1.82) is 0 Å². The lowest BCUT2D eigenvalue weighted by Crippen LogP contribution is -2.09. The minimum atomic E-state index is 0.452. The first-order valence-corrected chi connectivity index (χ1v) is 3.02. The van der Waals surface area contributed by atoms with Gasteiger partial charge in [0.2, 0.25) is 0 Å². The Morgan fingerprint density at radius 3 is 2.67 bits per heavy atom. The fraction of sp³-hybridized carbons (Fsp3) is 0.714. The Morgan fingerprint density at radius 1 is 1.56 bits per heavy atom. The van der Waals surface area contributed by atoms with Gasteiger partial charge >= 0.3 is 0 Å². The Balaban J connectivity index is 3.04. The summed E-state index contributed by atoms with van der Waals surface area (Å²) < 4.78 is 9.82. The maximum atomic E-state index is 4.93. The zero-order chi connectivity index (χ0) is 7.11. The molecule has 0 aromatic carbocycles. The molecule has 1 atom stereocenters. The predicted molar refractivity (Wildman–Crippen MR) is 37.2 cm³/mol. The minimum absolute atomic E-state index is 0.452. The molecule has 1 unspecified atom stereocenters. The highest BCUT2D eigenvalue weighted by atomic mass is 16.5. The van der Waals surface area contributed by atoms with Crippen molar-refractivity contribution in [1.82, 2.24) is 0 Å². The number of hydrogen-bond acceptors (Lipinski definition) is 2. The fourth-order valence-corrected chi connectivity index (χ4v) is 0.565. The number of methoxy groups -OCH3 is 1. The molecule has 0 aromatic rings. The summed E-state index contributed by atoms with van der Waals surface area (Å²) in [6.07, 6.45) is 1.45. The lowest BCUT2D eigenvalue weighted by molar-refractivity contribution is 0.111. The molecule has 0 heterocycles. The third-order valence-electron chi connectivity index (χ3n) is 0.950. The first kappa shape index (κ1) is 8.50. The number of hydrogen-bond donors (Lipinski definition) is 0. The molecular formula is C7H14O2. The molecule has 0 saturated carbocycles. The Bertz CT molecular complexity index is 71.3. The smallest absolute Gasteiger partial charge is 0.0920 e. The van der Waals surface area contributed by atoms with E-state index in [1.807, 2.05) is 0 Å². The average molecular weight is 130 g/mol. The van der Waals surface area contributed by atoms with E-state index in [1.54, 1.807) is 7.11 Å². The van der Waals surface area contributed by atoms with E-state index >= 15 is 0 Å². The summed E-state index contributed by atoms with van der Waals surface area (Å²) in [4.78, 5) is 0. The molecular weight excluding hydrogens is 116 g/mol. The van der Waals surface area contributed by atoms with E-state index in [-0.39, 0.29) is 0 Å². The van der Waals surface area contributed by atoms with Crippen molar-refractivity contribution in [2.75, 3.05) is 20.3 Å². The summed E-state index contributed by atoms with van der Waals surface area (Å²) in [6.45, 7) is 6.93. The molecule has 0 saturated heterocycles. The van der Waals surface area contributed by atoms with Gasteiger partial charge in [0, 0.05) is 13.0 Å². The molecule has 2 nitrogen and oxygen atoms in total. The molecule has 9 heavy (non-hydrogen) atoms. The van der Waals surface area contributed by atoms with Gasteiger partial charge in [-0.3, -0.25) is 0 Å². The molecule has 0 N–H and O–H groups in total. The molecule has 0 spiro atoms. The lowest BCUT2D eigenvalue weighted by Gasteiger charge is -2.07. The second-order valence-electron chi connectivity index (χ2n) is 2.06. The van der Waals surface area contributed by atoms with Gasteiger partial charge < -0.3 is 9.47 Å². The van der Waals surface area contributed by atoms with Crippen molar-refractivity contribution < 1.29 is 9.47 Å². The standard InChI is InChI=1S/C7H14O2/c1-4-9-6-7(2)5-8-3/h4,7H,1,5-6H2,2-3H3. The molecule has 0 fully saturated rings. The van der Waals surface area contributed by atoms with E-state index in [1.165, 1.54) is 6.26 Å². The Labute approximate surface area is 56.5 Å². The molecule has 0 aliphatic carbocycles. The van der Waals surface area contributed by atoms with Crippen LogP contribution in [-0.2, 0) is 9.47 Å². The normalized spacial score (nSPS) is 12.7. The van der Waals surface area contributed by atoms with Gasteiger partial charge in [0.25, 0.3) is 0 Å². The minimum Gasteiger partial charge on any atom is -0.501 e. The van der Waals surface area contributed by atoms with Crippen molar-refractivity contribution in [3.63, 3.8) is 0 Å². The molecule has 0 aromatic heterocycles. The molecule has 0 amide bonds. The Morgan fingerprint density at radius 2 is 2.22 bits per heavy atom. The maximum Gasteiger partial charge on any atom is 0.0920 e. The van der Waals surface area contributed by atoms with Gasteiger partial charge in [0.15, 0.2) is 0 Å². The molecule has 0 radical (unpaired) electrons. The van der Waals surface area contributed by atoms with Gasteiger partial charge in [-0.25, -0.2) is 0 Å². The Hall–Kier alpha value is -0.500. The van der Waals surface area contributed by atoms with E-state index in [0.29, 0.717) is 12.5 Å². The van der Waals surface area contributed by atoms with Crippen molar-refractivity contribution in [3.05, 3.63) is 12.8 Å². The third-order valence-corrected chi connectivity index (χ3v) is 0.950. The first-order valence-electron chi connectivity index (χ1n) is 3.02. The van der Waals surface area contributed by atoms with Crippen molar-refractivity contribution >= 4 is 0 Å². The fourth-order valence-electron chi connectivity index (χ4n) is 0.565. The SMILES string of the molecule is C=COCC(C)COC. The number of ether oxygens (including phenoxy) is 2. The van der Waals surface area contributed by atoms with Crippen LogP contribution in [0.5, 0.6) is 0 Å². The van der Waals surface area contributed by atoms with Gasteiger partial charge in [-0.05, 0) is 0 Å². The Kier molecular flexibility index (Phi) is 5.32. The second-order valence-corrected chi connectivity index (χ2v) is 2.06. The van der Waals surface area contributed by atoms with Crippen molar-refractivity contribution in [2.45, 2.75) is 6.92 Å². The highest BCUT2D eigenvalue weighted by Crippen LogP contribution is 1.94. The van der Waals surface area contributed by atoms with E-state index in [4.69, 9.17) is 9.47 Å². The number of rotatable bonds is 5. The highest BCUT2D eigenvalue weighted by molar-refractivity contribution is 4.53. The van der Waals surface area contributed by atoms with Crippen LogP contribution in [0.4, 0.5) is 0 Å². The summed E-state index contributed by atoms with van der Waals surface area (Å²) >= 11 is 0. The summed E-state index contributed by atoms with van der Waals surface area (Å²) in [5.74, 6) is 0.452. The zero-order valence-corrected chi connectivity index (χ0v) is 6.09. The van der Waals surface area contributed by atoms with Crippen LogP contribution in [-0.4, -0.2) is 20.3 Å².